The summed E-state index contributed by atoms with van der Waals surface area (Å²) < 4.78 is 5.63. The van der Waals surface area contributed by atoms with Gasteiger partial charge in [0.2, 0.25) is 0 Å². The van der Waals surface area contributed by atoms with Crippen molar-refractivity contribution >= 4 is 11.6 Å². The molecule has 0 radical (unpaired) electrons. The molecule has 0 fully saturated rings. The third-order valence-corrected chi connectivity index (χ3v) is 4.19. The van der Waals surface area contributed by atoms with Gasteiger partial charge in [0.25, 0.3) is 5.91 Å². The molecule has 5 heteroatoms. The molecular weight excluding hydrogens is 326 g/mol. The molecule has 0 aliphatic carbocycles. The van der Waals surface area contributed by atoms with Gasteiger partial charge >= 0.3 is 0 Å². The molecule has 0 unspecified atom stereocenters. The Kier molecular flexibility index (Phi) is 5.37. The summed E-state index contributed by atoms with van der Waals surface area (Å²) in [6.45, 7) is 6.35. The number of carbonyl (C=O) groups is 1. The van der Waals surface area contributed by atoms with Gasteiger partial charge < -0.3 is 10.1 Å². The van der Waals surface area contributed by atoms with E-state index in [0.717, 1.165) is 16.9 Å². The van der Waals surface area contributed by atoms with Crippen LogP contribution < -0.4 is 10.1 Å². The molecule has 26 heavy (non-hydrogen) atoms. The Balaban J connectivity index is 1.59. The van der Waals surface area contributed by atoms with Crippen molar-refractivity contribution in [3.8, 4) is 17.0 Å². The van der Waals surface area contributed by atoms with Gasteiger partial charge in [0.15, 0.2) is 6.61 Å². The summed E-state index contributed by atoms with van der Waals surface area (Å²) in [7, 11) is 0. The van der Waals surface area contributed by atoms with Gasteiger partial charge in [0.05, 0.1) is 5.69 Å². The summed E-state index contributed by atoms with van der Waals surface area (Å²) in [5.41, 5.74) is 5.04. The molecule has 0 saturated carbocycles. The number of benzene rings is 2. The number of aromatic nitrogens is 2. The number of hydrogen-bond acceptors (Lipinski definition) is 3. The molecule has 0 aliphatic rings. The molecule has 5 nitrogen and oxygen atoms in total. The van der Waals surface area contributed by atoms with Crippen LogP contribution in [0.3, 0.4) is 0 Å². The molecule has 1 heterocycles. The summed E-state index contributed by atoms with van der Waals surface area (Å²) in [5.74, 6) is 0.972. The second-order valence-corrected chi connectivity index (χ2v) is 6.56. The SMILES string of the molecule is Cc1cc(OCC(=O)Nc2cccc(-c3ccn[nH]3)c2)ccc1C(C)C. The van der Waals surface area contributed by atoms with E-state index in [0.29, 0.717) is 11.7 Å². The average Bonchev–Trinajstić information content (AvgIpc) is 3.14. The Morgan fingerprint density at radius 3 is 2.73 bits per heavy atom. The minimum Gasteiger partial charge on any atom is -0.484 e. The van der Waals surface area contributed by atoms with Gasteiger partial charge in [-0.05, 0) is 54.3 Å². The van der Waals surface area contributed by atoms with Crippen molar-refractivity contribution in [3.05, 3.63) is 65.9 Å². The predicted molar refractivity (Wildman–Crippen MR) is 103 cm³/mol. The van der Waals surface area contributed by atoms with Gasteiger partial charge in [0, 0.05) is 17.4 Å². The lowest BCUT2D eigenvalue weighted by atomic mass is 9.98. The number of ether oxygens (including phenoxy) is 1. The van der Waals surface area contributed by atoms with E-state index in [2.05, 4.69) is 42.4 Å². The van der Waals surface area contributed by atoms with Crippen LogP contribution in [0.15, 0.2) is 54.7 Å². The summed E-state index contributed by atoms with van der Waals surface area (Å²) in [5, 5.41) is 9.72. The first-order valence-electron chi connectivity index (χ1n) is 8.66. The maximum absolute atomic E-state index is 12.2. The molecule has 0 saturated heterocycles. The molecule has 1 aromatic heterocycles. The van der Waals surface area contributed by atoms with E-state index in [1.807, 2.05) is 42.5 Å². The number of hydrogen-bond donors (Lipinski definition) is 2. The van der Waals surface area contributed by atoms with E-state index in [4.69, 9.17) is 4.74 Å². The summed E-state index contributed by atoms with van der Waals surface area (Å²) in [6.07, 6.45) is 1.70. The topological polar surface area (TPSA) is 67.0 Å². The van der Waals surface area contributed by atoms with Crippen LogP contribution in [0.2, 0.25) is 0 Å². The van der Waals surface area contributed by atoms with Crippen LogP contribution in [0.1, 0.15) is 30.9 Å². The van der Waals surface area contributed by atoms with E-state index in [1.54, 1.807) is 6.20 Å². The fraction of sp³-hybridized carbons (Fsp3) is 0.238. The first-order chi connectivity index (χ1) is 12.5. The molecule has 0 aliphatic heterocycles. The molecule has 0 spiro atoms. The minimum absolute atomic E-state index is 0.0330. The molecule has 0 bridgehead atoms. The first-order valence-corrected chi connectivity index (χ1v) is 8.66. The third kappa shape index (κ3) is 4.30. The van der Waals surface area contributed by atoms with E-state index in [9.17, 15) is 4.79 Å². The van der Waals surface area contributed by atoms with Crippen molar-refractivity contribution in [2.75, 3.05) is 11.9 Å². The van der Waals surface area contributed by atoms with Gasteiger partial charge in [-0.15, -0.1) is 0 Å². The van der Waals surface area contributed by atoms with Gasteiger partial charge in [-0.1, -0.05) is 32.0 Å². The Morgan fingerprint density at radius 1 is 1.19 bits per heavy atom. The van der Waals surface area contributed by atoms with Crippen LogP contribution in [0.4, 0.5) is 5.69 Å². The number of H-pyrrole nitrogens is 1. The molecule has 3 rings (SSSR count). The monoisotopic (exact) mass is 349 g/mol. The Bertz CT molecular complexity index is 886. The maximum atomic E-state index is 12.2. The number of aryl methyl sites for hydroxylation is 1. The second kappa shape index (κ2) is 7.87. The normalized spacial score (nSPS) is 10.8. The van der Waals surface area contributed by atoms with Crippen LogP contribution in [-0.4, -0.2) is 22.7 Å². The predicted octanol–water partition coefficient (Wildman–Crippen LogP) is 4.53. The van der Waals surface area contributed by atoms with Crippen molar-refractivity contribution in [2.45, 2.75) is 26.7 Å². The quantitative estimate of drug-likeness (QED) is 0.687. The molecule has 2 aromatic carbocycles. The Morgan fingerprint density at radius 2 is 2.04 bits per heavy atom. The van der Waals surface area contributed by atoms with Crippen LogP contribution >= 0.6 is 0 Å². The zero-order valence-electron chi connectivity index (χ0n) is 15.2. The highest BCUT2D eigenvalue weighted by molar-refractivity contribution is 5.92. The van der Waals surface area contributed by atoms with Crippen LogP contribution in [-0.2, 0) is 4.79 Å². The Hall–Kier alpha value is -3.08. The fourth-order valence-corrected chi connectivity index (χ4v) is 2.91. The maximum Gasteiger partial charge on any atom is 0.262 e. The zero-order valence-corrected chi connectivity index (χ0v) is 15.2. The molecule has 3 aromatic rings. The largest absolute Gasteiger partial charge is 0.484 e. The van der Waals surface area contributed by atoms with Crippen molar-refractivity contribution in [3.63, 3.8) is 0 Å². The van der Waals surface area contributed by atoms with Gasteiger partial charge in [-0.3, -0.25) is 9.89 Å². The number of nitrogens with one attached hydrogen (secondary N) is 2. The highest BCUT2D eigenvalue weighted by Crippen LogP contribution is 2.24. The minimum atomic E-state index is -0.197. The summed E-state index contributed by atoms with van der Waals surface area (Å²) in [4.78, 5) is 12.2. The fourth-order valence-electron chi connectivity index (χ4n) is 2.91. The van der Waals surface area contributed by atoms with Crippen LogP contribution in [0.25, 0.3) is 11.3 Å². The summed E-state index contributed by atoms with van der Waals surface area (Å²) in [6, 6.07) is 15.4. The molecule has 0 atom stereocenters. The van der Waals surface area contributed by atoms with E-state index in [1.165, 1.54) is 11.1 Å². The highest BCUT2D eigenvalue weighted by atomic mass is 16.5. The van der Waals surface area contributed by atoms with Gasteiger partial charge in [0.1, 0.15) is 5.75 Å². The Labute approximate surface area is 153 Å². The molecule has 2 N–H and O–H groups in total. The lowest BCUT2D eigenvalue weighted by Gasteiger charge is -2.12. The van der Waals surface area contributed by atoms with Crippen molar-refractivity contribution in [2.24, 2.45) is 0 Å². The standard InChI is InChI=1S/C21H23N3O2/c1-14(2)19-8-7-18(11-15(19)3)26-13-21(25)23-17-6-4-5-16(12-17)20-9-10-22-24-20/h4-12,14H,13H2,1-3H3,(H,22,24)(H,23,25). The lowest BCUT2D eigenvalue weighted by molar-refractivity contribution is -0.118. The average molecular weight is 349 g/mol. The number of aromatic amines is 1. The lowest BCUT2D eigenvalue weighted by Crippen LogP contribution is -2.20. The van der Waals surface area contributed by atoms with Gasteiger partial charge in [-0.25, -0.2) is 0 Å². The van der Waals surface area contributed by atoms with Crippen LogP contribution in [0, 0.1) is 6.92 Å². The first kappa shape index (κ1) is 17.7. The van der Waals surface area contributed by atoms with Crippen molar-refractivity contribution in [1.29, 1.82) is 0 Å². The summed E-state index contributed by atoms with van der Waals surface area (Å²) >= 11 is 0. The third-order valence-electron chi connectivity index (χ3n) is 4.19. The number of carbonyl (C=O) groups excluding carboxylic acids is 1. The second-order valence-electron chi connectivity index (χ2n) is 6.56. The number of anilines is 1. The smallest absolute Gasteiger partial charge is 0.262 e. The van der Waals surface area contributed by atoms with Crippen molar-refractivity contribution in [1.82, 2.24) is 10.2 Å². The molecule has 1 amide bonds. The number of nitrogens with zero attached hydrogens (tertiary/aromatic N) is 1. The van der Waals surface area contributed by atoms with Crippen molar-refractivity contribution < 1.29 is 9.53 Å². The molecule has 134 valence electrons. The van der Waals surface area contributed by atoms with E-state index in [-0.39, 0.29) is 12.5 Å². The van der Waals surface area contributed by atoms with Gasteiger partial charge in [-0.2, -0.15) is 5.10 Å². The zero-order chi connectivity index (χ0) is 18.5. The number of amides is 1. The van der Waals surface area contributed by atoms with E-state index < -0.39 is 0 Å². The molecular formula is C21H23N3O2. The highest BCUT2D eigenvalue weighted by Gasteiger charge is 2.08. The number of rotatable bonds is 6. The van der Waals surface area contributed by atoms with Crippen LogP contribution in [0.5, 0.6) is 5.75 Å². The van der Waals surface area contributed by atoms with E-state index >= 15 is 0 Å².